The average molecular weight is 334 g/mol. The monoisotopic (exact) mass is 333 g/mol. The van der Waals surface area contributed by atoms with Crippen molar-refractivity contribution in [3.05, 3.63) is 53.1 Å². The third-order valence-corrected chi connectivity index (χ3v) is 3.34. The van der Waals surface area contributed by atoms with E-state index in [-0.39, 0.29) is 5.91 Å². The van der Waals surface area contributed by atoms with E-state index in [0.717, 1.165) is 5.75 Å². The summed E-state index contributed by atoms with van der Waals surface area (Å²) in [6.07, 6.45) is 0. The van der Waals surface area contributed by atoms with Gasteiger partial charge in [0.25, 0.3) is 5.91 Å². The number of carbonyl (C=O) groups is 1. The number of hydrogen-bond acceptors (Lipinski definition) is 3. The maximum atomic E-state index is 12.3. The van der Waals surface area contributed by atoms with Gasteiger partial charge in [0.2, 0.25) is 0 Å². The Hall–Kier alpha value is -2.20. The number of methoxy groups -OCH3 is 1. The minimum atomic E-state index is -0.235. The molecule has 0 heterocycles. The highest BCUT2D eigenvalue weighted by molar-refractivity contribution is 6.31. The summed E-state index contributed by atoms with van der Waals surface area (Å²) in [6.45, 7) is 4.81. The molecule has 5 heteroatoms. The molecule has 1 N–H and O–H groups in total. The van der Waals surface area contributed by atoms with Gasteiger partial charge < -0.3 is 14.8 Å². The molecule has 2 aromatic carbocycles. The number of rotatable bonds is 6. The summed E-state index contributed by atoms with van der Waals surface area (Å²) < 4.78 is 10.8. The van der Waals surface area contributed by atoms with Crippen LogP contribution in [0.1, 0.15) is 24.2 Å². The second kappa shape index (κ2) is 7.88. The van der Waals surface area contributed by atoms with Gasteiger partial charge in [0, 0.05) is 10.6 Å². The number of hydrogen-bond donors (Lipinski definition) is 1. The van der Waals surface area contributed by atoms with E-state index < -0.39 is 0 Å². The quantitative estimate of drug-likeness (QED) is 0.838. The maximum Gasteiger partial charge on any atom is 0.255 e. The number of ether oxygens (including phenoxy) is 2. The Morgan fingerprint density at radius 1 is 1.17 bits per heavy atom. The third kappa shape index (κ3) is 4.89. The number of amides is 1. The Morgan fingerprint density at radius 2 is 1.87 bits per heavy atom. The van der Waals surface area contributed by atoms with Crippen LogP contribution in [-0.2, 0) is 0 Å². The van der Waals surface area contributed by atoms with Crippen molar-refractivity contribution in [2.75, 3.05) is 19.0 Å². The Bertz CT molecular complexity index is 668. The zero-order valence-corrected chi connectivity index (χ0v) is 14.2. The summed E-state index contributed by atoms with van der Waals surface area (Å²) in [5.74, 6) is 1.52. The van der Waals surface area contributed by atoms with Crippen LogP contribution in [0, 0.1) is 5.92 Å². The molecule has 0 aliphatic rings. The van der Waals surface area contributed by atoms with Crippen molar-refractivity contribution in [3.63, 3.8) is 0 Å². The number of carbonyl (C=O) groups excluding carboxylic acids is 1. The fourth-order valence-corrected chi connectivity index (χ4v) is 2.11. The standard InChI is InChI=1S/C18H20ClNO3/c1-12(2)11-23-15-7-4-13(5-8-15)18(21)20-16-10-14(19)6-9-17(16)22-3/h4-10,12H,11H2,1-3H3,(H,20,21). The number of anilines is 1. The Labute approximate surface area is 141 Å². The lowest BCUT2D eigenvalue weighted by atomic mass is 10.2. The molecule has 4 nitrogen and oxygen atoms in total. The van der Waals surface area contributed by atoms with Crippen LogP contribution in [0.15, 0.2) is 42.5 Å². The molecule has 0 saturated carbocycles. The Balaban J connectivity index is 2.07. The van der Waals surface area contributed by atoms with E-state index in [9.17, 15) is 4.79 Å². The largest absolute Gasteiger partial charge is 0.495 e. The molecule has 0 atom stereocenters. The van der Waals surface area contributed by atoms with E-state index in [2.05, 4.69) is 19.2 Å². The Kier molecular flexibility index (Phi) is 5.88. The molecule has 0 saturated heterocycles. The van der Waals surface area contributed by atoms with Gasteiger partial charge in [0.05, 0.1) is 19.4 Å². The highest BCUT2D eigenvalue weighted by Crippen LogP contribution is 2.28. The molecule has 0 radical (unpaired) electrons. The second-order valence-corrected chi connectivity index (χ2v) is 5.96. The summed E-state index contributed by atoms with van der Waals surface area (Å²) in [5, 5.41) is 3.33. The van der Waals surface area contributed by atoms with Crippen LogP contribution < -0.4 is 14.8 Å². The molecular weight excluding hydrogens is 314 g/mol. The van der Waals surface area contributed by atoms with Crippen molar-refractivity contribution in [1.29, 1.82) is 0 Å². The summed E-state index contributed by atoms with van der Waals surface area (Å²) in [5.41, 5.74) is 1.06. The fraction of sp³-hybridized carbons (Fsp3) is 0.278. The summed E-state index contributed by atoms with van der Waals surface area (Å²) in [4.78, 5) is 12.3. The van der Waals surface area contributed by atoms with E-state index in [1.807, 2.05) is 0 Å². The van der Waals surface area contributed by atoms with Crippen molar-refractivity contribution < 1.29 is 14.3 Å². The first-order valence-corrected chi connectivity index (χ1v) is 7.75. The molecule has 2 rings (SSSR count). The molecule has 0 spiro atoms. The van der Waals surface area contributed by atoms with Crippen LogP contribution in [0.5, 0.6) is 11.5 Å². The van der Waals surface area contributed by atoms with Crippen molar-refractivity contribution in [1.82, 2.24) is 0 Å². The molecule has 23 heavy (non-hydrogen) atoms. The molecule has 0 unspecified atom stereocenters. The first-order chi connectivity index (χ1) is 11.0. The van der Waals surface area contributed by atoms with Crippen LogP contribution in [-0.4, -0.2) is 19.6 Å². The van der Waals surface area contributed by atoms with E-state index >= 15 is 0 Å². The van der Waals surface area contributed by atoms with Crippen molar-refractivity contribution in [3.8, 4) is 11.5 Å². The lowest BCUT2D eigenvalue weighted by molar-refractivity contribution is 0.102. The van der Waals surface area contributed by atoms with E-state index in [4.69, 9.17) is 21.1 Å². The van der Waals surface area contributed by atoms with Gasteiger partial charge in [0.15, 0.2) is 0 Å². The van der Waals surface area contributed by atoms with Gasteiger partial charge in [-0.05, 0) is 48.4 Å². The summed E-state index contributed by atoms with van der Waals surface area (Å²) in [7, 11) is 1.54. The van der Waals surface area contributed by atoms with Crippen LogP contribution in [0.3, 0.4) is 0 Å². The molecule has 0 aliphatic carbocycles. The molecule has 0 aromatic heterocycles. The third-order valence-electron chi connectivity index (χ3n) is 3.11. The smallest absolute Gasteiger partial charge is 0.255 e. The predicted octanol–water partition coefficient (Wildman–Crippen LogP) is 4.64. The maximum absolute atomic E-state index is 12.3. The highest BCUT2D eigenvalue weighted by atomic mass is 35.5. The van der Waals surface area contributed by atoms with Crippen LogP contribution in [0.4, 0.5) is 5.69 Å². The van der Waals surface area contributed by atoms with Crippen LogP contribution >= 0.6 is 11.6 Å². The molecule has 2 aromatic rings. The molecule has 122 valence electrons. The molecule has 1 amide bonds. The summed E-state index contributed by atoms with van der Waals surface area (Å²) in [6, 6.07) is 12.1. The van der Waals surface area contributed by atoms with Crippen molar-refractivity contribution in [2.45, 2.75) is 13.8 Å². The van der Waals surface area contributed by atoms with E-state index in [1.54, 1.807) is 49.6 Å². The van der Waals surface area contributed by atoms with Gasteiger partial charge in [-0.3, -0.25) is 4.79 Å². The zero-order chi connectivity index (χ0) is 16.8. The van der Waals surface area contributed by atoms with Gasteiger partial charge in [-0.1, -0.05) is 25.4 Å². The molecular formula is C18H20ClNO3. The van der Waals surface area contributed by atoms with Crippen LogP contribution in [0.25, 0.3) is 0 Å². The minimum Gasteiger partial charge on any atom is -0.495 e. The van der Waals surface area contributed by atoms with Gasteiger partial charge in [-0.15, -0.1) is 0 Å². The van der Waals surface area contributed by atoms with Gasteiger partial charge >= 0.3 is 0 Å². The molecule has 0 bridgehead atoms. The van der Waals surface area contributed by atoms with E-state index in [1.165, 1.54) is 0 Å². The Morgan fingerprint density at radius 3 is 2.48 bits per heavy atom. The highest BCUT2D eigenvalue weighted by Gasteiger charge is 2.10. The normalized spacial score (nSPS) is 10.5. The molecule has 0 fully saturated rings. The lowest BCUT2D eigenvalue weighted by Gasteiger charge is -2.11. The topological polar surface area (TPSA) is 47.6 Å². The van der Waals surface area contributed by atoms with Crippen molar-refractivity contribution in [2.24, 2.45) is 5.92 Å². The van der Waals surface area contributed by atoms with Crippen LogP contribution in [0.2, 0.25) is 5.02 Å². The second-order valence-electron chi connectivity index (χ2n) is 5.53. The number of nitrogens with one attached hydrogen (secondary N) is 1. The fourth-order valence-electron chi connectivity index (χ4n) is 1.94. The first kappa shape index (κ1) is 17.2. The zero-order valence-electron chi connectivity index (χ0n) is 13.4. The van der Waals surface area contributed by atoms with Gasteiger partial charge in [-0.2, -0.15) is 0 Å². The lowest BCUT2D eigenvalue weighted by Crippen LogP contribution is -2.12. The van der Waals surface area contributed by atoms with Crippen molar-refractivity contribution >= 4 is 23.2 Å². The number of halogens is 1. The number of benzene rings is 2. The SMILES string of the molecule is COc1ccc(Cl)cc1NC(=O)c1ccc(OCC(C)C)cc1. The average Bonchev–Trinajstić information content (AvgIpc) is 2.53. The van der Waals surface area contributed by atoms with E-state index in [0.29, 0.717) is 34.5 Å². The van der Waals surface area contributed by atoms with Gasteiger partial charge in [-0.25, -0.2) is 0 Å². The molecule has 0 aliphatic heterocycles. The van der Waals surface area contributed by atoms with Gasteiger partial charge in [0.1, 0.15) is 11.5 Å². The minimum absolute atomic E-state index is 0.235. The first-order valence-electron chi connectivity index (χ1n) is 7.37. The predicted molar refractivity (Wildman–Crippen MR) is 92.7 cm³/mol. The summed E-state index contributed by atoms with van der Waals surface area (Å²) >= 11 is 5.96.